The summed E-state index contributed by atoms with van der Waals surface area (Å²) in [7, 11) is 0. The first-order valence-electron chi connectivity index (χ1n) is 4.17. The fraction of sp³-hybridized carbons (Fsp3) is 0.100. The van der Waals surface area contributed by atoms with Crippen LogP contribution >= 0.6 is 11.3 Å². The van der Waals surface area contributed by atoms with Crippen LogP contribution in [0.25, 0.3) is 0 Å². The van der Waals surface area contributed by atoms with Crippen molar-refractivity contribution in [1.29, 1.82) is 0 Å². The molecular weight excluding hydrogens is 199 g/mol. The number of rotatable bonds is 2. The number of pyridine rings is 1. The average molecular weight is 208 g/mol. The van der Waals surface area contributed by atoms with Gasteiger partial charge in [-0.1, -0.05) is 0 Å². The predicted octanol–water partition coefficient (Wildman–Crippen LogP) is 2.33. The molecule has 0 radical (unpaired) electrons. The lowest BCUT2D eigenvalue weighted by molar-refractivity contribution is 0.586. The van der Waals surface area contributed by atoms with Crippen molar-refractivity contribution >= 4 is 11.3 Å². The summed E-state index contributed by atoms with van der Waals surface area (Å²) in [6.07, 6.45) is 1.55. The minimum absolute atomic E-state index is 0.297. The first kappa shape index (κ1) is 9.30. The monoisotopic (exact) mass is 208 g/mol. The Hall–Kier alpha value is -1.26. The van der Waals surface area contributed by atoms with Crippen LogP contribution in [-0.4, -0.2) is 4.98 Å². The van der Waals surface area contributed by atoms with Crippen molar-refractivity contribution in [2.45, 2.75) is 6.04 Å². The Labute approximate surface area is 85.2 Å². The number of thiophene rings is 1. The van der Waals surface area contributed by atoms with Gasteiger partial charge in [0.05, 0.1) is 11.7 Å². The maximum atomic E-state index is 13.3. The van der Waals surface area contributed by atoms with Crippen molar-refractivity contribution in [1.82, 2.24) is 4.98 Å². The topological polar surface area (TPSA) is 38.9 Å². The molecule has 1 atom stereocenters. The molecule has 0 aliphatic carbocycles. The number of hydrogen-bond donors (Lipinski definition) is 1. The zero-order chi connectivity index (χ0) is 9.97. The van der Waals surface area contributed by atoms with E-state index in [9.17, 15) is 4.39 Å². The molecule has 14 heavy (non-hydrogen) atoms. The van der Waals surface area contributed by atoms with E-state index in [0.29, 0.717) is 5.69 Å². The van der Waals surface area contributed by atoms with Crippen molar-refractivity contribution in [2.24, 2.45) is 5.73 Å². The Morgan fingerprint density at radius 3 is 2.93 bits per heavy atom. The van der Waals surface area contributed by atoms with Gasteiger partial charge in [-0.2, -0.15) is 11.3 Å². The molecule has 2 heterocycles. The molecule has 2 nitrogen and oxygen atoms in total. The number of hydrogen-bond acceptors (Lipinski definition) is 3. The molecule has 2 rings (SSSR count). The van der Waals surface area contributed by atoms with Crippen molar-refractivity contribution in [3.8, 4) is 0 Å². The third kappa shape index (κ3) is 1.66. The minimum Gasteiger partial charge on any atom is -0.319 e. The molecule has 2 aromatic rings. The van der Waals surface area contributed by atoms with E-state index in [4.69, 9.17) is 5.73 Å². The molecule has 2 aromatic heterocycles. The molecule has 0 saturated carbocycles. The average Bonchev–Trinajstić information content (AvgIpc) is 2.70. The van der Waals surface area contributed by atoms with Crippen LogP contribution in [-0.2, 0) is 0 Å². The summed E-state index contributed by atoms with van der Waals surface area (Å²) < 4.78 is 13.3. The highest BCUT2D eigenvalue weighted by Gasteiger charge is 2.14. The summed E-state index contributed by atoms with van der Waals surface area (Å²) >= 11 is 1.54. The lowest BCUT2D eigenvalue weighted by atomic mass is 10.1. The lowest BCUT2D eigenvalue weighted by Crippen LogP contribution is -2.14. The minimum atomic E-state index is -0.470. The van der Waals surface area contributed by atoms with Crippen LogP contribution in [0.15, 0.2) is 35.2 Å². The van der Waals surface area contributed by atoms with Crippen LogP contribution in [0, 0.1) is 5.82 Å². The molecule has 0 bridgehead atoms. The van der Waals surface area contributed by atoms with E-state index in [2.05, 4.69) is 4.98 Å². The molecule has 0 aliphatic heterocycles. The standard InChI is InChI=1S/C10H9FN2S/c11-8-2-1-4-13-10(8)9(12)7-3-5-14-6-7/h1-6,9H,12H2. The van der Waals surface area contributed by atoms with Crippen molar-refractivity contribution < 1.29 is 4.39 Å². The maximum absolute atomic E-state index is 13.3. The normalized spacial score (nSPS) is 12.7. The quantitative estimate of drug-likeness (QED) is 0.822. The molecule has 72 valence electrons. The molecule has 2 N–H and O–H groups in total. The Balaban J connectivity index is 2.37. The van der Waals surface area contributed by atoms with Crippen LogP contribution < -0.4 is 5.73 Å². The van der Waals surface area contributed by atoms with Crippen LogP contribution in [0.4, 0.5) is 4.39 Å². The van der Waals surface area contributed by atoms with Gasteiger partial charge < -0.3 is 5.73 Å². The number of nitrogens with zero attached hydrogens (tertiary/aromatic N) is 1. The molecule has 1 unspecified atom stereocenters. The van der Waals surface area contributed by atoms with Gasteiger partial charge in [0.15, 0.2) is 0 Å². The van der Waals surface area contributed by atoms with E-state index < -0.39 is 6.04 Å². The van der Waals surface area contributed by atoms with E-state index in [1.54, 1.807) is 12.3 Å². The highest BCUT2D eigenvalue weighted by Crippen LogP contribution is 2.21. The highest BCUT2D eigenvalue weighted by atomic mass is 32.1. The third-order valence-electron chi connectivity index (χ3n) is 1.98. The second-order valence-electron chi connectivity index (χ2n) is 2.90. The van der Waals surface area contributed by atoms with Gasteiger partial charge in [-0.25, -0.2) is 4.39 Å². The van der Waals surface area contributed by atoms with E-state index in [1.165, 1.54) is 17.4 Å². The molecule has 0 aromatic carbocycles. The van der Waals surface area contributed by atoms with Crippen molar-refractivity contribution in [2.75, 3.05) is 0 Å². The van der Waals surface area contributed by atoms with Gasteiger partial charge in [0.1, 0.15) is 5.82 Å². The molecule has 0 aliphatic rings. The van der Waals surface area contributed by atoms with Gasteiger partial charge in [0.25, 0.3) is 0 Å². The Bertz CT molecular complexity index is 414. The molecule has 4 heteroatoms. The molecule has 0 amide bonds. The Morgan fingerprint density at radius 1 is 1.43 bits per heavy atom. The SMILES string of the molecule is NC(c1ccsc1)c1ncccc1F. The van der Waals surface area contributed by atoms with Crippen LogP contribution in [0.5, 0.6) is 0 Å². The lowest BCUT2D eigenvalue weighted by Gasteiger charge is -2.09. The molecular formula is C10H9FN2S. The maximum Gasteiger partial charge on any atom is 0.146 e. The second kappa shape index (κ2) is 3.86. The van der Waals surface area contributed by atoms with E-state index in [1.807, 2.05) is 16.8 Å². The Kier molecular flexibility index (Phi) is 2.56. The summed E-state index contributed by atoms with van der Waals surface area (Å²) in [6, 6.07) is 4.33. The Morgan fingerprint density at radius 2 is 2.29 bits per heavy atom. The largest absolute Gasteiger partial charge is 0.319 e. The number of halogens is 1. The predicted molar refractivity (Wildman–Crippen MR) is 54.5 cm³/mol. The summed E-state index contributed by atoms with van der Waals surface area (Å²) in [4.78, 5) is 3.94. The highest BCUT2D eigenvalue weighted by molar-refractivity contribution is 7.07. The molecule has 0 fully saturated rings. The van der Waals surface area contributed by atoms with E-state index in [0.717, 1.165) is 5.56 Å². The zero-order valence-electron chi connectivity index (χ0n) is 7.35. The van der Waals surface area contributed by atoms with Gasteiger partial charge >= 0.3 is 0 Å². The zero-order valence-corrected chi connectivity index (χ0v) is 8.17. The van der Waals surface area contributed by atoms with Gasteiger partial charge in [-0.05, 0) is 34.5 Å². The van der Waals surface area contributed by atoms with Gasteiger partial charge in [0, 0.05) is 6.20 Å². The van der Waals surface area contributed by atoms with Crippen LogP contribution in [0.2, 0.25) is 0 Å². The van der Waals surface area contributed by atoms with Gasteiger partial charge in [-0.15, -0.1) is 0 Å². The first-order chi connectivity index (χ1) is 6.79. The summed E-state index contributed by atoms with van der Waals surface area (Å²) in [5.74, 6) is -0.355. The van der Waals surface area contributed by atoms with Crippen LogP contribution in [0.1, 0.15) is 17.3 Å². The smallest absolute Gasteiger partial charge is 0.146 e. The van der Waals surface area contributed by atoms with E-state index >= 15 is 0 Å². The van der Waals surface area contributed by atoms with Crippen molar-refractivity contribution in [3.05, 3.63) is 52.2 Å². The van der Waals surface area contributed by atoms with Gasteiger partial charge in [0.2, 0.25) is 0 Å². The molecule has 0 saturated heterocycles. The number of nitrogens with two attached hydrogens (primary N) is 1. The van der Waals surface area contributed by atoms with Crippen LogP contribution in [0.3, 0.4) is 0 Å². The summed E-state index contributed by atoms with van der Waals surface area (Å²) in [5.41, 5.74) is 7.06. The molecule has 0 spiro atoms. The fourth-order valence-corrected chi connectivity index (χ4v) is 1.93. The fourth-order valence-electron chi connectivity index (χ4n) is 1.24. The van der Waals surface area contributed by atoms with Crippen molar-refractivity contribution in [3.63, 3.8) is 0 Å². The third-order valence-corrected chi connectivity index (χ3v) is 2.69. The second-order valence-corrected chi connectivity index (χ2v) is 3.68. The summed E-state index contributed by atoms with van der Waals surface area (Å²) in [6.45, 7) is 0. The number of aromatic nitrogens is 1. The van der Waals surface area contributed by atoms with Gasteiger partial charge in [-0.3, -0.25) is 4.98 Å². The van der Waals surface area contributed by atoms with E-state index in [-0.39, 0.29) is 5.82 Å². The first-order valence-corrected chi connectivity index (χ1v) is 5.11. The summed E-state index contributed by atoms with van der Waals surface area (Å²) in [5, 5.41) is 3.81.